The van der Waals surface area contributed by atoms with Crippen molar-refractivity contribution >= 4 is 15.7 Å². The Hall–Kier alpha value is -0.620. The van der Waals surface area contributed by atoms with Gasteiger partial charge < -0.3 is 10.6 Å². The zero-order valence-corrected chi connectivity index (χ0v) is 12.8. The third kappa shape index (κ3) is 6.96. The molecule has 0 radical (unpaired) electrons. The van der Waals surface area contributed by atoms with Gasteiger partial charge in [-0.2, -0.15) is 0 Å². The predicted octanol–water partition coefficient (Wildman–Crippen LogP) is 0.641. The first-order chi connectivity index (χ1) is 8.04. The minimum Gasteiger partial charge on any atom is -0.339 e. The molecule has 0 saturated carbocycles. The van der Waals surface area contributed by atoms with Crippen molar-refractivity contribution in [2.75, 3.05) is 18.6 Å². The average Bonchev–Trinajstić information content (AvgIpc) is 2.19. The van der Waals surface area contributed by atoms with Gasteiger partial charge in [-0.05, 0) is 26.2 Å². The number of nitrogens with zero attached hydrogens (tertiary/aromatic N) is 1. The molecule has 1 atom stereocenters. The first kappa shape index (κ1) is 17.4. The van der Waals surface area contributed by atoms with Crippen LogP contribution in [0.15, 0.2) is 0 Å². The summed E-state index contributed by atoms with van der Waals surface area (Å²) in [6.45, 7) is 8.57. The van der Waals surface area contributed by atoms with Crippen LogP contribution < -0.4 is 5.73 Å². The largest absolute Gasteiger partial charge is 0.339 e. The summed E-state index contributed by atoms with van der Waals surface area (Å²) in [6, 6.07) is -0.662. The van der Waals surface area contributed by atoms with Crippen molar-refractivity contribution in [2.24, 2.45) is 11.7 Å². The molecule has 0 aromatic rings. The summed E-state index contributed by atoms with van der Waals surface area (Å²) in [6.07, 6.45) is 1.33. The zero-order chi connectivity index (χ0) is 14.5. The SMILES string of the molecule is CC(C)CN(C(=O)C(N)CCS(C)(=O)=O)C(C)C. The van der Waals surface area contributed by atoms with Crippen LogP contribution in [0.25, 0.3) is 0 Å². The van der Waals surface area contributed by atoms with Gasteiger partial charge in [-0.25, -0.2) is 8.42 Å². The third-order valence-electron chi connectivity index (χ3n) is 2.59. The van der Waals surface area contributed by atoms with Crippen LogP contribution in [-0.2, 0) is 14.6 Å². The van der Waals surface area contributed by atoms with Crippen molar-refractivity contribution in [3.05, 3.63) is 0 Å². The lowest BCUT2D eigenvalue weighted by Crippen LogP contribution is -2.48. The van der Waals surface area contributed by atoms with Gasteiger partial charge in [0.1, 0.15) is 9.84 Å². The second-order valence-corrected chi connectivity index (χ2v) is 7.76. The molecule has 0 aliphatic carbocycles. The molecule has 0 saturated heterocycles. The van der Waals surface area contributed by atoms with Crippen molar-refractivity contribution in [3.8, 4) is 0 Å². The summed E-state index contributed by atoms with van der Waals surface area (Å²) in [5.41, 5.74) is 5.78. The van der Waals surface area contributed by atoms with E-state index < -0.39 is 15.9 Å². The van der Waals surface area contributed by atoms with Crippen LogP contribution in [0, 0.1) is 5.92 Å². The van der Waals surface area contributed by atoms with Crippen LogP contribution >= 0.6 is 0 Å². The zero-order valence-electron chi connectivity index (χ0n) is 12.0. The molecule has 0 rings (SSSR count). The average molecular weight is 278 g/mol. The summed E-state index contributed by atoms with van der Waals surface area (Å²) in [5.74, 6) is 0.147. The Labute approximate surface area is 111 Å². The molecule has 0 aromatic carbocycles. The van der Waals surface area contributed by atoms with Crippen molar-refractivity contribution in [1.29, 1.82) is 0 Å². The maximum atomic E-state index is 12.1. The van der Waals surface area contributed by atoms with Gasteiger partial charge in [0.2, 0.25) is 5.91 Å². The van der Waals surface area contributed by atoms with Gasteiger partial charge in [0.25, 0.3) is 0 Å². The molecule has 108 valence electrons. The van der Waals surface area contributed by atoms with Crippen LogP contribution in [-0.4, -0.2) is 49.9 Å². The van der Waals surface area contributed by atoms with Gasteiger partial charge in [-0.15, -0.1) is 0 Å². The molecule has 1 unspecified atom stereocenters. The second-order valence-electron chi connectivity index (χ2n) is 5.50. The van der Waals surface area contributed by atoms with E-state index in [0.717, 1.165) is 6.26 Å². The molecule has 6 heteroatoms. The molecule has 18 heavy (non-hydrogen) atoms. The Morgan fingerprint density at radius 3 is 2.06 bits per heavy atom. The minimum atomic E-state index is -3.07. The number of carbonyl (C=O) groups excluding carboxylic acids is 1. The molecule has 0 bridgehead atoms. The summed E-state index contributed by atoms with van der Waals surface area (Å²) < 4.78 is 22.1. The van der Waals surface area contributed by atoms with Crippen molar-refractivity contribution in [2.45, 2.75) is 46.2 Å². The van der Waals surface area contributed by atoms with E-state index >= 15 is 0 Å². The lowest BCUT2D eigenvalue weighted by atomic mass is 10.1. The number of amides is 1. The highest BCUT2D eigenvalue weighted by Gasteiger charge is 2.24. The maximum absolute atomic E-state index is 12.1. The van der Waals surface area contributed by atoms with Crippen molar-refractivity contribution in [1.82, 2.24) is 4.90 Å². The minimum absolute atomic E-state index is 0.0481. The molecule has 5 nitrogen and oxygen atoms in total. The van der Waals surface area contributed by atoms with E-state index in [1.54, 1.807) is 4.90 Å². The van der Waals surface area contributed by atoms with E-state index in [-0.39, 0.29) is 24.1 Å². The maximum Gasteiger partial charge on any atom is 0.239 e. The van der Waals surface area contributed by atoms with Crippen LogP contribution in [0.1, 0.15) is 34.1 Å². The van der Waals surface area contributed by atoms with E-state index in [1.165, 1.54) is 0 Å². The third-order valence-corrected chi connectivity index (χ3v) is 3.56. The number of sulfone groups is 1. The van der Waals surface area contributed by atoms with Crippen LogP contribution in [0.4, 0.5) is 0 Å². The van der Waals surface area contributed by atoms with E-state index in [9.17, 15) is 13.2 Å². The van der Waals surface area contributed by atoms with E-state index in [1.807, 2.05) is 27.7 Å². The van der Waals surface area contributed by atoms with Crippen molar-refractivity contribution in [3.63, 3.8) is 0 Å². The molecule has 0 aliphatic heterocycles. The summed E-state index contributed by atoms with van der Waals surface area (Å²) in [5, 5.41) is 0. The Morgan fingerprint density at radius 1 is 1.22 bits per heavy atom. The standard InChI is InChI=1S/C12H26N2O3S/c1-9(2)8-14(10(3)4)12(15)11(13)6-7-18(5,16)17/h9-11H,6-8,13H2,1-5H3. The smallest absolute Gasteiger partial charge is 0.239 e. The van der Waals surface area contributed by atoms with Gasteiger partial charge in [0, 0.05) is 18.8 Å². The van der Waals surface area contributed by atoms with Gasteiger partial charge >= 0.3 is 0 Å². The predicted molar refractivity (Wildman–Crippen MR) is 74.0 cm³/mol. The van der Waals surface area contributed by atoms with Gasteiger partial charge in [0.15, 0.2) is 0 Å². The first-order valence-corrected chi connectivity index (χ1v) is 8.34. The second kappa shape index (κ2) is 7.09. The Kier molecular flexibility index (Phi) is 6.84. The molecule has 2 N–H and O–H groups in total. The highest BCUT2D eigenvalue weighted by Crippen LogP contribution is 2.08. The molecular formula is C12H26N2O3S. The molecule has 1 amide bonds. The quantitative estimate of drug-likeness (QED) is 0.741. The number of rotatable bonds is 7. The molecule has 0 aromatic heterocycles. The van der Waals surface area contributed by atoms with E-state index in [2.05, 4.69) is 0 Å². The summed E-state index contributed by atoms with van der Waals surface area (Å²) >= 11 is 0. The molecule has 0 aliphatic rings. The fraction of sp³-hybridized carbons (Fsp3) is 0.917. The number of hydrogen-bond donors (Lipinski definition) is 1. The number of carbonyl (C=O) groups is 1. The lowest BCUT2D eigenvalue weighted by Gasteiger charge is -2.30. The van der Waals surface area contributed by atoms with Crippen LogP contribution in [0.5, 0.6) is 0 Å². The fourth-order valence-electron chi connectivity index (χ4n) is 1.63. The molecular weight excluding hydrogens is 252 g/mol. The molecule has 0 fully saturated rings. The van der Waals surface area contributed by atoms with Crippen LogP contribution in [0.3, 0.4) is 0 Å². The summed E-state index contributed by atoms with van der Waals surface area (Å²) in [4.78, 5) is 13.9. The van der Waals surface area contributed by atoms with Crippen molar-refractivity contribution < 1.29 is 13.2 Å². The van der Waals surface area contributed by atoms with E-state index in [4.69, 9.17) is 5.73 Å². The lowest BCUT2D eigenvalue weighted by molar-refractivity contribution is -0.134. The normalized spacial score (nSPS) is 14.0. The van der Waals surface area contributed by atoms with Crippen LogP contribution in [0.2, 0.25) is 0 Å². The molecule has 0 spiro atoms. The Bertz CT molecular complexity index is 364. The van der Waals surface area contributed by atoms with E-state index in [0.29, 0.717) is 12.5 Å². The highest BCUT2D eigenvalue weighted by atomic mass is 32.2. The molecule has 0 heterocycles. The van der Waals surface area contributed by atoms with Gasteiger partial charge in [0.05, 0.1) is 11.8 Å². The fourth-order valence-corrected chi connectivity index (χ4v) is 2.31. The Morgan fingerprint density at radius 2 is 1.72 bits per heavy atom. The highest BCUT2D eigenvalue weighted by molar-refractivity contribution is 7.90. The topological polar surface area (TPSA) is 80.5 Å². The first-order valence-electron chi connectivity index (χ1n) is 6.28. The number of nitrogens with two attached hydrogens (primary N) is 1. The van der Waals surface area contributed by atoms with Gasteiger partial charge in [-0.1, -0.05) is 13.8 Å². The van der Waals surface area contributed by atoms with Gasteiger partial charge in [-0.3, -0.25) is 4.79 Å². The number of hydrogen-bond acceptors (Lipinski definition) is 4. The monoisotopic (exact) mass is 278 g/mol. The Balaban J connectivity index is 4.57. The summed E-state index contributed by atoms with van der Waals surface area (Å²) in [7, 11) is -3.07.